The third kappa shape index (κ3) is 3.80. The second-order valence-corrected chi connectivity index (χ2v) is 10.1. The van der Waals surface area contributed by atoms with Gasteiger partial charge in [-0.05, 0) is 63.3 Å². The van der Waals surface area contributed by atoms with E-state index in [1.807, 2.05) is 0 Å². The molecule has 2 fully saturated rings. The summed E-state index contributed by atoms with van der Waals surface area (Å²) in [5.74, 6) is 1.59. The van der Waals surface area contributed by atoms with E-state index in [0.717, 1.165) is 86.1 Å². The van der Waals surface area contributed by atoms with Crippen molar-refractivity contribution in [2.45, 2.75) is 13.8 Å². The van der Waals surface area contributed by atoms with E-state index in [9.17, 15) is 0 Å². The molecule has 4 heterocycles. The average molecular weight is 459 g/mol. The van der Waals surface area contributed by atoms with Crippen LogP contribution in [0.25, 0.3) is 33.7 Å². The standard InChI is InChI=1S/C26H34N8/c1-17-13-19(33-9-5-31(3)6-10-33)15-21-23(17)29-25(27-21)26-28-22-16-20(14-18(2)24(22)30-26)34-11-7-32(4)8-12-34/h13-16H,5-12H2,1-4H3,(H,27,29)(H,28,30). The van der Waals surface area contributed by atoms with Gasteiger partial charge in [-0.15, -0.1) is 0 Å². The Kier molecular flexibility index (Phi) is 5.22. The lowest BCUT2D eigenvalue weighted by molar-refractivity contribution is 0.313. The normalized spacial score (nSPS) is 18.5. The molecule has 6 rings (SSSR count). The molecule has 34 heavy (non-hydrogen) atoms. The molecule has 0 atom stereocenters. The number of aromatic amines is 2. The van der Waals surface area contributed by atoms with Crippen molar-refractivity contribution in [3.8, 4) is 11.6 Å². The van der Waals surface area contributed by atoms with Crippen LogP contribution in [0.1, 0.15) is 11.1 Å². The minimum absolute atomic E-state index is 0.797. The van der Waals surface area contributed by atoms with Gasteiger partial charge in [0.25, 0.3) is 0 Å². The van der Waals surface area contributed by atoms with Gasteiger partial charge in [-0.1, -0.05) is 0 Å². The number of aromatic nitrogens is 4. The molecule has 0 aliphatic carbocycles. The van der Waals surface area contributed by atoms with Gasteiger partial charge in [0.15, 0.2) is 11.6 Å². The third-order valence-corrected chi connectivity index (χ3v) is 7.51. The summed E-state index contributed by atoms with van der Waals surface area (Å²) >= 11 is 0. The maximum absolute atomic E-state index is 4.96. The number of imidazole rings is 2. The molecule has 0 unspecified atom stereocenters. The van der Waals surface area contributed by atoms with Gasteiger partial charge in [0.2, 0.25) is 0 Å². The number of hydrogen-bond donors (Lipinski definition) is 2. The molecule has 8 heteroatoms. The minimum atomic E-state index is 0.797. The van der Waals surface area contributed by atoms with Gasteiger partial charge >= 0.3 is 0 Å². The quantitative estimate of drug-likeness (QED) is 0.491. The van der Waals surface area contributed by atoms with Gasteiger partial charge in [-0.2, -0.15) is 0 Å². The number of anilines is 2. The van der Waals surface area contributed by atoms with Crippen LogP contribution in [0.3, 0.4) is 0 Å². The average Bonchev–Trinajstić information content (AvgIpc) is 3.45. The van der Waals surface area contributed by atoms with Gasteiger partial charge < -0.3 is 29.6 Å². The van der Waals surface area contributed by atoms with E-state index < -0.39 is 0 Å². The molecular formula is C26H34N8. The van der Waals surface area contributed by atoms with E-state index in [-0.39, 0.29) is 0 Å². The Hall–Kier alpha value is -3.10. The first-order chi connectivity index (χ1) is 16.4. The number of nitrogens with one attached hydrogen (secondary N) is 2. The first kappa shape index (κ1) is 21.4. The Morgan fingerprint density at radius 1 is 0.588 bits per heavy atom. The Labute approximate surface area is 200 Å². The zero-order valence-corrected chi connectivity index (χ0v) is 20.6. The highest BCUT2D eigenvalue weighted by atomic mass is 15.3. The number of benzene rings is 2. The van der Waals surface area contributed by atoms with Crippen LogP contribution in [0, 0.1) is 13.8 Å². The highest BCUT2D eigenvalue weighted by molar-refractivity contribution is 5.88. The van der Waals surface area contributed by atoms with Gasteiger partial charge in [0.05, 0.1) is 22.1 Å². The monoisotopic (exact) mass is 458 g/mol. The maximum atomic E-state index is 4.96. The van der Waals surface area contributed by atoms with Crippen molar-refractivity contribution in [2.24, 2.45) is 0 Å². The summed E-state index contributed by atoms with van der Waals surface area (Å²) in [4.78, 5) is 26.7. The van der Waals surface area contributed by atoms with Gasteiger partial charge in [-0.3, -0.25) is 0 Å². The van der Waals surface area contributed by atoms with Crippen molar-refractivity contribution < 1.29 is 0 Å². The van der Waals surface area contributed by atoms with Crippen LogP contribution in [0.15, 0.2) is 24.3 Å². The van der Waals surface area contributed by atoms with Gasteiger partial charge in [-0.25, -0.2) is 9.97 Å². The minimum Gasteiger partial charge on any atom is -0.369 e. The van der Waals surface area contributed by atoms with Crippen LogP contribution in [-0.2, 0) is 0 Å². The largest absolute Gasteiger partial charge is 0.369 e. The highest BCUT2D eigenvalue weighted by Gasteiger charge is 2.19. The number of hydrogen-bond acceptors (Lipinski definition) is 6. The number of fused-ring (bicyclic) bond motifs is 2. The van der Waals surface area contributed by atoms with Crippen molar-refractivity contribution in [3.05, 3.63) is 35.4 Å². The molecule has 178 valence electrons. The zero-order valence-electron chi connectivity index (χ0n) is 20.6. The molecule has 0 saturated carbocycles. The predicted octanol–water partition coefficient (Wildman–Crippen LogP) is 3.23. The number of nitrogens with zero attached hydrogens (tertiary/aromatic N) is 6. The topological polar surface area (TPSA) is 70.3 Å². The Bertz CT molecular complexity index is 1230. The number of piperazine rings is 2. The summed E-state index contributed by atoms with van der Waals surface area (Å²) in [5, 5.41) is 0. The van der Waals surface area contributed by atoms with E-state index >= 15 is 0 Å². The molecule has 0 radical (unpaired) electrons. The molecule has 2 N–H and O–H groups in total. The number of aryl methyl sites for hydroxylation is 2. The Morgan fingerprint density at radius 2 is 0.971 bits per heavy atom. The van der Waals surface area contributed by atoms with E-state index in [4.69, 9.17) is 9.97 Å². The smallest absolute Gasteiger partial charge is 0.174 e. The van der Waals surface area contributed by atoms with Crippen molar-refractivity contribution >= 4 is 33.4 Å². The van der Waals surface area contributed by atoms with Crippen LogP contribution < -0.4 is 9.80 Å². The molecular weight excluding hydrogens is 424 g/mol. The molecule has 2 aliphatic rings. The van der Waals surface area contributed by atoms with E-state index in [0.29, 0.717) is 0 Å². The maximum Gasteiger partial charge on any atom is 0.174 e. The van der Waals surface area contributed by atoms with E-state index in [1.54, 1.807) is 0 Å². The van der Waals surface area contributed by atoms with Crippen LogP contribution in [0.4, 0.5) is 11.4 Å². The fourth-order valence-electron chi connectivity index (χ4n) is 5.25. The summed E-state index contributed by atoms with van der Waals surface area (Å²) in [7, 11) is 4.38. The van der Waals surface area contributed by atoms with Gasteiger partial charge in [0, 0.05) is 63.7 Å². The molecule has 2 saturated heterocycles. The molecule has 2 aromatic carbocycles. The lowest BCUT2D eigenvalue weighted by atomic mass is 10.1. The molecule has 2 aromatic heterocycles. The zero-order chi connectivity index (χ0) is 23.4. The van der Waals surface area contributed by atoms with Crippen molar-refractivity contribution in [1.82, 2.24) is 29.7 Å². The highest BCUT2D eigenvalue weighted by Crippen LogP contribution is 2.30. The third-order valence-electron chi connectivity index (χ3n) is 7.51. The summed E-state index contributed by atoms with van der Waals surface area (Å²) in [5.41, 5.74) is 9.12. The lowest BCUT2D eigenvalue weighted by Crippen LogP contribution is -2.44. The lowest BCUT2D eigenvalue weighted by Gasteiger charge is -2.34. The number of rotatable bonds is 3. The molecule has 0 amide bonds. The summed E-state index contributed by atoms with van der Waals surface area (Å²) < 4.78 is 0. The first-order valence-corrected chi connectivity index (χ1v) is 12.3. The summed E-state index contributed by atoms with van der Waals surface area (Å²) in [6.07, 6.45) is 0. The molecule has 0 spiro atoms. The van der Waals surface area contributed by atoms with E-state index in [2.05, 4.69) is 81.8 Å². The van der Waals surface area contributed by atoms with Gasteiger partial charge in [0.1, 0.15) is 0 Å². The summed E-state index contributed by atoms with van der Waals surface area (Å²) in [6, 6.07) is 8.99. The van der Waals surface area contributed by atoms with Crippen LogP contribution >= 0.6 is 0 Å². The predicted molar refractivity (Wildman–Crippen MR) is 140 cm³/mol. The first-order valence-electron chi connectivity index (χ1n) is 12.3. The summed E-state index contributed by atoms with van der Waals surface area (Å²) in [6.45, 7) is 12.9. The number of H-pyrrole nitrogens is 2. The SMILES string of the molecule is Cc1cc(N2CCN(C)CC2)cc2nc(-c3nc4cc(N5CCN(C)CC5)cc(C)c4[nH]3)[nH]c12. The Balaban J connectivity index is 1.33. The van der Waals surface area contributed by atoms with Crippen LogP contribution in [0.2, 0.25) is 0 Å². The second kappa shape index (κ2) is 8.29. The van der Waals surface area contributed by atoms with Crippen molar-refractivity contribution in [2.75, 3.05) is 76.3 Å². The fourth-order valence-corrected chi connectivity index (χ4v) is 5.25. The van der Waals surface area contributed by atoms with Crippen molar-refractivity contribution in [1.29, 1.82) is 0 Å². The van der Waals surface area contributed by atoms with Crippen LogP contribution in [0.5, 0.6) is 0 Å². The fraction of sp³-hybridized carbons (Fsp3) is 0.462. The molecule has 2 aliphatic heterocycles. The molecule has 0 bridgehead atoms. The molecule has 4 aromatic rings. The molecule has 8 nitrogen and oxygen atoms in total. The second-order valence-electron chi connectivity index (χ2n) is 10.1. The van der Waals surface area contributed by atoms with Crippen LogP contribution in [-0.4, -0.2) is 96.2 Å². The Morgan fingerprint density at radius 3 is 1.35 bits per heavy atom. The van der Waals surface area contributed by atoms with Crippen molar-refractivity contribution in [3.63, 3.8) is 0 Å². The number of likely N-dealkylation sites (N-methyl/N-ethyl adjacent to an activating group) is 2. The van der Waals surface area contributed by atoms with E-state index in [1.165, 1.54) is 22.5 Å².